The number of pyridine rings is 1. The van der Waals surface area contributed by atoms with Gasteiger partial charge in [0.05, 0.1) is 5.69 Å². The van der Waals surface area contributed by atoms with Gasteiger partial charge >= 0.3 is 0 Å². The third-order valence-electron chi connectivity index (χ3n) is 11.3. The summed E-state index contributed by atoms with van der Waals surface area (Å²) in [4.78, 5) is 20.2. The third kappa shape index (κ3) is 8.60. The van der Waals surface area contributed by atoms with Gasteiger partial charge in [-0.15, -0.1) is 0 Å². The first-order valence-electron chi connectivity index (χ1n) is 20.9. The van der Waals surface area contributed by atoms with Gasteiger partial charge in [0.15, 0.2) is 17.5 Å². The van der Waals surface area contributed by atoms with Crippen molar-refractivity contribution in [2.75, 3.05) is 0 Å². The van der Waals surface area contributed by atoms with Crippen molar-refractivity contribution in [3.05, 3.63) is 179 Å². The molecular formula is C56H54N4. The molecule has 4 heteroatoms. The number of hydrogen-bond donors (Lipinski definition) is 0. The molecule has 0 saturated heterocycles. The molecule has 2 aromatic heterocycles. The summed E-state index contributed by atoms with van der Waals surface area (Å²) in [6, 6.07) is 50.4. The lowest BCUT2D eigenvalue weighted by atomic mass is 9.86. The van der Waals surface area contributed by atoms with Crippen LogP contribution in [0.5, 0.6) is 0 Å². The van der Waals surface area contributed by atoms with Crippen molar-refractivity contribution >= 4 is 0 Å². The summed E-state index contributed by atoms with van der Waals surface area (Å²) in [6.45, 7) is 22.0. The van der Waals surface area contributed by atoms with E-state index in [0.717, 1.165) is 27.9 Å². The van der Waals surface area contributed by atoms with Crippen LogP contribution in [0.3, 0.4) is 0 Å². The smallest absolute Gasteiger partial charge is 0.165 e. The summed E-state index contributed by atoms with van der Waals surface area (Å²) in [5.74, 6) is 1.85. The van der Waals surface area contributed by atoms with Gasteiger partial charge in [-0.05, 0) is 101 Å². The lowest BCUT2D eigenvalue weighted by Crippen LogP contribution is -2.10. The van der Waals surface area contributed by atoms with E-state index in [9.17, 15) is 0 Å². The molecule has 8 rings (SSSR count). The maximum atomic E-state index is 5.06. The number of rotatable bonds is 7. The molecule has 0 bridgehead atoms. The molecule has 0 atom stereocenters. The van der Waals surface area contributed by atoms with Crippen molar-refractivity contribution in [2.24, 2.45) is 0 Å². The van der Waals surface area contributed by atoms with Crippen LogP contribution in [-0.2, 0) is 10.8 Å². The lowest BCUT2D eigenvalue weighted by molar-refractivity contribution is 0.590. The van der Waals surface area contributed by atoms with Gasteiger partial charge in [-0.25, -0.2) is 15.0 Å². The Morgan fingerprint density at radius 2 is 0.733 bits per heavy atom. The SMILES string of the molecule is Cc1cc(C)cc(-c2ccccc2-c2ccc(-c3ccc(-c4nc(-c5ccc(C(C)(C)C)cc5)nc(-c5ccc(C(C)(C)C)cc5)n4)cn3)cc2-c2cc(C)cc(C)c2)c1. The van der Waals surface area contributed by atoms with Crippen LogP contribution in [0.25, 0.3) is 78.8 Å². The number of hydrogen-bond acceptors (Lipinski definition) is 4. The first kappa shape index (κ1) is 40.3. The number of nitrogens with zero attached hydrogens (tertiary/aromatic N) is 4. The van der Waals surface area contributed by atoms with Gasteiger partial charge < -0.3 is 0 Å². The van der Waals surface area contributed by atoms with Gasteiger partial charge in [-0.3, -0.25) is 4.98 Å². The van der Waals surface area contributed by atoms with Crippen LogP contribution in [0.4, 0.5) is 0 Å². The van der Waals surface area contributed by atoms with Crippen LogP contribution in [-0.4, -0.2) is 19.9 Å². The fourth-order valence-corrected chi connectivity index (χ4v) is 8.11. The van der Waals surface area contributed by atoms with Gasteiger partial charge in [0.2, 0.25) is 0 Å². The number of aryl methyl sites for hydroxylation is 4. The molecule has 60 heavy (non-hydrogen) atoms. The van der Waals surface area contributed by atoms with E-state index in [1.165, 1.54) is 66.8 Å². The largest absolute Gasteiger partial charge is 0.255 e. The Morgan fingerprint density at radius 1 is 0.333 bits per heavy atom. The standard InChI is InChI=1S/C56H54N4/c1-35-27-36(2)30-43(29-35)47-13-11-12-14-48(47)49-25-19-41(33-50(49)44-31-37(3)28-38(4)32-44)51-26-20-42(34-57-51)54-59-52(39-15-21-45(22-16-39)55(5,6)7)58-53(60-54)40-17-23-46(24-18-40)56(8,9)10/h11-34H,1-10H3. The quantitative estimate of drug-likeness (QED) is 0.162. The average molecular weight is 783 g/mol. The highest BCUT2D eigenvalue weighted by Gasteiger charge is 2.19. The molecule has 6 aromatic carbocycles. The fourth-order valence-electron chi connectivity index (χ4n) is 8.11. The van der Waals surface area contributed by atoms with Crippen LogP contribution in [0.15, 0.2) is 146 Å². The van der Waals surface area contributed by atoms with Crippen molar-refractivity contribution < 1.29 is 0 Å². The molecule has 4 nitrogen and oxygen atoms in total. The van der Waals surface area contributed by atoms with Crippen molar-refractivity contribution in [3.8, 4) is 78.8 Å². The van der Waals surface area contributed by atoms with Crippen molar-refractivity contribution in [3.63, 3.8) is 0 Å². The Bertz CT molecular complexity index is 2720. The highest BCUT2D eigenvalue weighted by atomic mass is 15.0. The van der Waals surface area contributed by atoms with Gasteiger partial charge in [0, 0.05) is 28.5 Å². The molecule has 0 aliphatic rings. The van der Waals surface area contributed by atoms with Crippen molar-refractivity contribution in [1.29, 1.82) is 0 Å². The predicted octanol–water partition coefficient (Wildman–Crippen LogP) is 14.8. The maximum absolute atomic E-state index is 5.06. The highest BCUT2D eigenvalue weighted by molar-refractivity contribution is 5.93. The zero-order valence-corrected chi connectivity index (χ0v) is 36.6. The lowest BCUT2D eigenvalue weighted by Gasteiger charge is -2.19. The molecule has 0 unspecified atom stereocenters. The van der Waals surface area contributed by atoms with Crippen LogP contribution in [0.2, 0.25) is 0 Å². The van der Waals surface area contributed by atoms with Crippen LogP contribution >= 0.6 is 0 Å². The summed E-state index contributed by atoms with van der Waals surface area (Å²) in [6.07, 6.45) is 1.89. The molecule has 0 spiro atoms. The maximum Gasteiger partial charge on any atom is 0.165 e. The summed E-state index contributed by atoms with van der Waals surface area (Å²) in [7, 11) is 0. The normalized spacial score (nSPS) is 11.8. The zero-order valence-electron chi connectivity index (χ0n) is 36.6. The minimum Gasteiger partial charge on any atom is -0.255 e. The average Bonchev–Trinajstić information content (AvgIpc) is 3.22. The van der Waals surface area contributed by atoms with Crippen LogP contribution in [0.1, 0.15) is 74.9 Å². The molecular weight excluding hydrogens is 729 g/mol. The van der Waals surface area contributed by atoms with Gasteiger partial charge in [0.1, 0.15) is 0 Å². The highest BCUT2D eigenvalue weighted by Crippen LogP contribution is 2.41. The molecule has 298 valence electrons. The molecule has 2 heterocycles. The van der Waals surface area contributed by atoms with E-state index in [1.807, 2.05) is 6.20 Å². The summed E-state index contributed by atoms with van der Waals surface area (Å²) < 4.78 is 0. The topological polar surface area (TPSA) is 51.6 Å². The van der Waals surface area contributed by atoms with Crippen molar-refractivity contribution in [2.45, 2.75) is 80.1 Å². The van der Waals surface area contributed by atoms with E-state index in [1.54, 1.807) is 0 Å². The zero-order chi connectivity index (χ0) is 42.3. The van der Waals surface area contributed by atoms with E-state index >= 15 is 0 Å². The van der Waals surface area contributed by atoms with Gasteiger partial charge in [-0.1, -0.05) is 185 Å². The Labute approximate surface area is 356 Å². The number of aromatic nitrogens is 4. The first-order valence-corrected chi connectivity index (χ1v) is 20.9. The molecule has 0 radical (unpaired) electrons. The molecule has 0 saturated carbocycles. The fraction of sp³-hybridized carbons (Fsp3) is 0.214. The Balaban J connectivity index is 1.21. The minimum atomic E-state index is 0.0429. The van der Waals surface area contributed by atoms with E-state index in [0.29, 0.717) is 17.5 Å². The van der Waals surface area contributed by atoms with E-state index in [2.05, 4.69) is 209 Å². The molecule has 0 N–H and O–H groups in total. The summed E-state index contributed by atoms with van der Waals surface area (Å²) in [5, 5.41) is 0. The van der Waals surface area contributed by atoms with Crippen LogP contribution < -0.4 is 0 Å². The Morgan fingerprint density at radius 3 is 1.18 bits per heavy atom. The molecule has 0 aliphatic heterocycles. The molecule has 0 aliphatic carbocycles. The first-order chi connectivity index (χ1) is 28.6. The summed E-state index contributed by atoms with van der Waals surface area (Å²) in [5.41, 5.74) is 19.4. The van der Waals surface area contributed by atoms with Gasteiger partial charge in [0.25, 0.3) is 0 Å². The second-order valence-corrected chi connectivity index (χ2v) is 18.5. The second kappa shape index (κ2) is 15.9. The van der Waals surface area contributed by atoms with E-state index < -0.39 is 0 Å². The minimum absolute atomic E-state index is 0.0429. The molecule has 8 aromatic rings. The molecule has 0 amide bonds. The van der Waals surface area contributed by atoms with Crippen molar-refractivity contribution in [1.82, 2.24) is 19.9 Å². The Hall–Kier alpha value is -6.52. The van der Waals surface area contributed by atoms with Crippen LogP contribution in [0, 0.1) is 27.7 Å². The van der Waals surface area contributed by atoms with E-state index in [-0.39, 0.29) is 10.8 Å². The third-order valence-corrected chi connectivity index (χ3v) is 11.3. The second-order valence-electron chi connectivity index (χ2n) is 18.5. The Kier molecular flexibility index (Phi) is 10.7. The van der Waals surface area contributed by atoms with E-state index in [4.69, 9.17) is 19.9 Å². The summed E-state index contributed by atoms with van der Waals surface area (Å²) >= 11 is 0. The molecule has 0 fully saturated rings. The monoisotopic (exact) mass is 782 g/mol. The van der Waals surface area contributed by atoms with Gasteiger partial charge in [-0.2, -0.15) is 0 Å². The predicted molar refractivity (Wildman–Crippen MR) is 252 cm³/mol. The number of benzene rings is 6.